The number of rotatable bonds is 5. The molecular weight excluding hydrogens is 396 g/mol. The number of piperidine rings is 1. The molecule has 2 amide bonds. The molecule has 31 heavy (non-hydrogen) atoms. The fourth-order valence-electron chi connectivity index (χ4n) is 4.64. The molecule has 0 aliphatic carbocycles. The first-order chi connectivity index (χ1) is 14.9. The number of nitrogens with zero attached hydrogens (tertiary/aromatic N) is 2. The van der Waals surface area contributed by atoms with Crippen LogP contribution in [0.5, 0.6) is 5.75 Å². The van der Waals surface area contributed by atoms with Crippen molar-refractivity contribution < 1.29 is 19.2 Å². The number of benzene rings is 1. The predicted molar refractivity (Wildman–Crippen MR) is 117 cm³/mol. The number of hydrogen-bond acceptors (Lipinski definition) is 4. The Balaban J connectivity index is 1.53. The van der Waals surface area contributed by atoms with Crippen LogP contribution in [0.15, 0.2) is 41.2 Å². The zero-order valence-electron chi connectivity index (χ0n) is 18.2. The largest absolute Gasteiger partial charge is 0.497 e. The van der Waals surface area contributed by atoms with Crippen LogP contribution in [0, 0.1) is 5.92 Å². The van der Waals surface area contributed by atoms with Gasteiger partial charge < -0.3 is 24.4 Å². The van der Waals surface area contributed by atoms with E-state index < -0.39 is 0 Å². The average molecular weight is 426 g/mol. The lowest BCUT2D eigenvalue weighted by molar-refractivity contribution is -0.849. The molecule has 0 radical (unpaired) electrons. The Morgan fingerprint density at radius 3 is 2.52 bits per heavy atom. The van der Waals surface area contributed by atoms with E-state index in [1.54, 1.807) is 42.0 Å². The molecule has 4 rings (SSSR count). The summed E-state index contributed by atoms with van der Waals surface area (Å²) in [7, 11) is 5.38. The summed E-state index contributed by atoms with van der Waals surface area (Å²) in [4.78, 5) is 41.0. The number of ether oxygens (including phenoxy) is 1. The number of anilines is 1. The minimum Gasteiger partial charge on any atom is -0.497 e. The molecule has 164 valence electrons. The first-order valence-electron chi connectivity index (χ1n) is 10.6. The Morgan fingerprint density at radius 1 is 1.10 bits per heavy atom. The van der Waals surface area contributed by atoms with E-state index in [9.17, 15) is 14.4 Å². The van der Waals surface area contributed by atoms with Gasteiger partial charge in [-0.1, -0.05) is 0 Å². The van der Waals surface area contributed by atoms with Gasteiger partial charge in [-0.15, -0.1) is 0 Å². The molecule has 8 heteroatoms. The SMILES string of the molecule is COc1ccc(C(=O)N2C[C@@H]3C[C@H](C2)c2ccc(NC(=O)C[NH+](C)C)c(=O)n2C3)cc1. The molecule has 8 nitrogen and oxygen atoms in total. The van der Waals surface area contributed by atoms with Crippen LogP contribution in [0.4, 0.5) is 5.69 Å². The summed E-state index contributed by atoms with van der Waals surface area (Å²) in [6, 6.07) is 10.8. The van der Waals surface area contributed by atoms with Crippen molar-refractivity contribution in [2.75, 3.05) is 46.2 Å². The Kier molecular flexibility index (Phi) is 5.82. The van der Waals surface area contributed by atoms with Gasteiger partial charge in [-0.3, -0.25) is 14.4 Å². The highest BCUT2D eigenvalue weighted by Gasteiger charge is 2.37. The smallest absolute Gasteiger partial charge is 0.279 e. The maximum absolute atomic E-state index is 13.0. The van der Waals surface area contributed by atoms with Crippen molar-refractivity contribution in [2.45, 2.75) is 18.9 Å². The van der Waals surface area contributed by atoms with E-state index in [4.69, 9.17) is 4.74 Å². The van der Waals surface area contributed by atoms with Gasteiger partial charge in [0.05, 0.1) is 21.2 Å². The highest BCUT2D eigenvalue weighted by atomic mass is 16.5. The summed E-state index contributed by atoms with van der Waals surface area (Å²) in [6.45, 7) is 2.05. The van der Waals surface area contributed by atoms with Gasteiger partial charge in [-0.2, -0.15) is 0 Å². The summed E-state index contributed by atoms with van der Waals surface area (Å²) < 4.78 is 6.96. The zero-order chi connectivity index (χ0) is 22.1. The van der Waals surface area contributed by atoms with Gasteiger partial charge in [0.2, 0.25) is 0 Å². The lowest BCUT2D eigenvalue weighted by Crippen LogP contribution is -3.06. The quantitative estimate of drug-likeness (QED) is 0.717. The summed E-state index contributed by atoms with van der Waals surface area (Å²) in [6.07, 6.45) is 0.960. The Labute approximate surface area is 181 Å². The van der Waals surface area contributed by atoms with Crippen LogP contribution >= 0.6 is 0 Å². The maximum atomic E-state index is 13.0. The standard InChI is InChI=1S/C23H28N4O4/c1-25(2)14-21(28)24-19-8-9-20-17-10-15(12-27(20)23(19)30)11-26(13-17)22(29)16-4-6-18(31-3)7-5-16/h4-9,15,17H,10-14H2,1-3H3,(H,24,28)/p+1/t15-,17+/m0/s1. The van der Waals surface area contributed by atoms with Gasteiger partial charge in [0.25, 0.3) is 17.4 Å². The van der Waals surface area contributed by atoms with E-state index in [1.807, 2.05) is 25.1 Å². The molecule has 2 aliphatic heterocycles. The normalized spacial score (nSPS) is 19.7. The summed E-state index contributed by atoms with van der Waals surface area (Å²) in [5.41, 5.74) is 1.73. The first kappa shape index (κ1) is 21.1. The van der Waals surface area contributed by atoms with Crippen molar-refractivity contribution in [3.8, 4) is 5.75 Å². The molecule has 1 saturated heterocycles. The molecular formula is C23H29N4O4+. The van der Waals surface area contributed by atoms with E-state index >= 15 is 0 Å². The van der Waals surface area contributed by atoms with Crippen molar-refractivity contribution in [1.82, 2.24) is 9.47 Å². The molecule has 2 aromatic rings. The van der Waals surface area contributed by atoms with Gasteiger partial charge in [0, 0.05) is 36.8 Å². The molecule has 2 aliphatic rings. The van der Waals surface area contributed by atoms with Crippen molar-refractivity contribution in [2.24, 2.45) is 5.92 Å². The minimum absolute atomic E-state index is 0.00298. The van der Waals surface area contributed by atoms with Gasteiger partial charge >= 0.3 is 0 Å². The van der Waals surface area contributed by atoms with Gasteiger partial charge in [0.1, 0.15) is 11.4 Å². The van der Waals surface area contributed by atoms with Crippen LogP contribution in [0.3, 0.4) is 0 Å². The van der Waals surface area contributed by atoms with Crippen LogP contribution in [0.1, 0.15) is 28.4 Å². The second kappa shape index (κ2) is 8.55. The number of quaternary nitrogens is 1. The average Bonchev–Trinajstić information content (AvgIpc) is 2.75. The summed E-state index contributed by atoms with van der Waals surface area (Å²) >= 11 is 0. The maximum Gasteiger partial charge on any atom is 0.279 e. The number of methoxy groups -OCH3 is 1. The minimum atomic E-state index is -0.176. The van der Waals surface area contributed by atoms with E-state index in [0.717, 1.165) is 22.8 Å². The van der Waals surface area contributed by atoms with E-state index in [1.165, 1.54) is 0 Å². The molecule has 1 aromatic heterocycles. The number of hydrogen-bond donors (Lipinski definition) is 2. The number of aromatic nitrogens is 1. The Hall–Kier alpha value is -3.13. The highest BCUT2D eigenvalue weighted by molar-refractivity contribution is 5.94. The van der Waals surface area contributed by atoms with Crippen LogP contribution in [-0.4, -0.2) is 62.1 Å². The monoisotopic (exact) mass is 425 g/mol. The van der Waals surface area contributed by atoms with Crippen molar-refractivity contribution in [1.29, 1.82) is 0 Å². The fourth-order valence-corrected chi connectivity index (χ4v) is 4.64. The molecule has 3 heterocycles. The topological polar surface area (TPSA) is 85.1 Å². The summed E-state index contributed by atoms with van der Waals surface area (Å²) in [5.74, 6) is 0.866. The molecule has 2 N–H and O–H groups in total. The number of fused-ring (bicyclic) bond motifs is 4. The Bertz CT molecular complexity index is 1040. The molecule has 1 aromatic carbocycles. The van der Waals surface area contributed by atoms with Crippen LogP contribution in [0.2, 0.25) is 0 Å². The van der Waals surface area contributed by atoms with E-state index in [-0.39, 0.29) is 29.2 Å². The third kappa shape index (κ3) is 4.34. The molecule has 0 unspecified atom stereocenters. The third-order valence-corrected chi connectivity index (χ3v) is 6.02. The van der Waals surface area contributed by atoms with Crippen molar-refractivity contribution in [3.63, 3.8) is 0 Å². The van der Waals surface area contributed by atoms with Crippen LogP contribution in [0.25, 0.3) is 0 Å². The lowest BCUT2D eigenvalue weighted by Gasteiger charge is -2.43. The van der Waals surface area contributed by atoms with E-state index in [2.05, 4.69) is 5.32 Å². The first-order valence-corrected chi connectivity index (χ1v) is 10.6. The van der Waals surface area contributed by atoms with Gasteiger partial charge in [-0.05, 0) is 48.7 Å². The fraction of sp³-hybridized carbons (Fsp3) is 0.435. The predicted octanol–water partition coefficient (Wildman–Crippen LogP) is 0.199. The van der Waals surface area contributed by atoms with Crippen LogP contribution < -0.4 is 20.5 Å². The highest BCUT2D eigenvalue weighted by Crippen LogP contribution is 2.36. The second-order valence-electron chi connectivity index (χ2n) is 8.76. The molecule has 0 spiro atoms. The van der Waals surface area contributed by atoms with Crippen molar-refractivity contribution >= 4 is 17.5 Å². The number of likely N-dealkylation sites (N-methyl/N-ethyl adjacent to an activating group) is 1. The molecule has 2 bridgehead atoms. The van der Waals surface area contributed by atoms with Crippen LogP contribution in [-0.2, 0) is 11.3 Å². The third-order valence-electron chi connectivity index (χ3n) is 6.02. The molecule has 2 atom stereocenters. The number of carbonyl (C=O) groups excluding carboxylic acids is 2. The van der Waals surface area contributed by atoms with Gasteiger partial charge in [0.15, 0.2) is 6.54 Å². The molecule has 0 saturated carbocycles. The second-order valence-corrected chi connectivity index (χ2v) is 8.76. The van der Waals surface area contributed by atoms with E-state index in [0.29, 0.717) is 37.4 Å². The lowest BCUT2D eigenvalue weighted by atomic mass is 9.83. The van der Waals surface area contributed by atoms with Gasteiger partial charge in [-0.25, -0.2) is 0 Å². The van der Waals surface area contributed by atoms with Crippen molar-refractivity contribution in [3.05, 3.63) is 58.0 Å². The number of likely N-dealkylation sites (tertiary alicyclic amines) is 1. The number of nitrogens with one attached hydrogen (secondary N) is 2. The summed E-state index contributed by atoms with van der Waals surface area (Å²) in [5, 5.41) is 2.75. The zero-order valence-corrected chi connectivity index (χ0v) is 18.2. The number of pyridine rings is 1. The number of amides is 2. The number of carbonyl (C=O) groups is 2. The Morgan fingerprint density at radius 2 is 1.84 bits per heavy atom. The molecule has 1 fully saturated rings.